The first-order chi connectivity index (χ1) is 14.6. The Morgan fingerprint density at radius 2 is 2.03 bits per heavy atom. The molecular weight excluding hydrogens is 378 g/mol. The van der Waals surface area contributed by atoms with Crippen LogP contribution in [0.25, 0.3) is 11.2 Å². The first-order valence-corrected chi connectivity index (χ1v) is 10.9. The van der Waals surface area contributed by atoms with Crippen molar-refractivity contribution in [1.29, 1.82) is 0 Å². The molecule has 0 atom stereocenters. The zero-order valence-electron chi connectivity index (χ0n) is 18.3. The van der Waals surface area contributed by atoms with Gasteiger partial charge in [0.25, 0.3) is 0 Å². The molecule has 7 nitrogen and oxygen atoms in total. The molecule has 0 saturated heterocycles. The monoisotopic (exact) mass is 409 g/mol. The third kappa shape index (κ3) is 4.20. The summed E-state index contributed by atoms with van der Waals surface area (Å²) in [6.07, 6.45) is 6.77. The minimum atomic E-state index is 0.275. The Morgan fingerprint density at radius 3 is 2.73 bits per heavy atom. The molecule has 4 rings (SSSR count). The van der Waals surface area contributed by atoms with Gasteiger partial charge in [0.15, 0.2) is 17.1 Å². The van der Waals surface area contributed by atoms with E-state index in [4.69, 9.17) is 14.5 Å². The van der Waals surface area contributed by atoms with Gasteiger partial charge in [-0.25, -0.2) is 9.97 Å². The van der Waals surface area contributed by atoms with Gasteiger partial charge in [-0.1, -0.05) is 19.9 Å². The molecule has 30 heavy (non-hydrogen) atoms. The van der Waals surface area contributed by atoms with E-state index in [1.165, 1.54) is 12.8 Å². The summed E-state index contributed by atoms with van der Waals surface area (Å²) in [5.41, 5.74) is 3.57. The first kappa shape index (κ1) is 20.4. The maximum atomic E-state index is 6.28. The van der Waals surface area contributed by atoms with Crippen LogP contribution in [-0.4, -0.2) is 39.3 Å². The molecule has 0 radical (unpaired) electrons. The van der Waals surface area contributed by atoms with Crippen molar-refractivity contribution < 1.29 is 9.47 Å². The van der Waals surface area contributed by atoms with Crippen LogP contribution in [0.1, 0.15) is 63.8 Å². The van der Waals surface area contributed by atoms with Crippen LogP contribution in [0.5, 0.6) is 11.5 Å². The molecule has 3 aromatic rings. The molecule has 2 heterocycles. The van der Waals surface area contributed by atoms with Gasteiger partial charge in [-0.15, -0.1) is 0 Å². The average molecular weight is 410 g/mol. The Labute approximate surface area is 177 Å². The van der Waals surface area contributed by atoms with E-state index in [-0.39, 0.29) is 6.10 Å². The molecule has 1 aliphatic carbocycles. The normalized spacial score (nSPS) is 15.4. The zero-order chi connectivity index (χ0) is 21.1. The number of methoxy groups -OCH3 is 1. The minimum Gasteiger partial charge on any atom is -0.493 e. The lowest BCUT2D eigenvalue weighted by atomic mass is 10.2. The summed E-state index contributed by atoms with van der Waals surface area (Å²) >= 11 is 0. The second kappa shape index (κ2) is 8.90. The summed E-state index contributed by atoms with van der Waals surface area (Å²) in [6, 6.07) is 6.13. The van der Waals surface area contributed by atoms with E-state index < -0.39 is 0 Å². The van der Waals surface area contributed by atoms with Crippen LogP contribution in [0.2, 0.25) is 0 Å². The fourth-order valence-corrected chi connectivity index (χ4v) is 3.95. The summed E-state index contributed by atoms with van der Waals surface area (Å²) in [5.74, 6) is 2.84. The molecular formula is C23H31N5O2. The van der Waals surface area contributed by atoms with Gasteiger partial charge in [0.1, 0.15) is 11.3 Å². The van der Waals surface area contributed by atoms with Crippen molar-refractivity contribution in [3.8, 4) is 11.5 Å². The number of nitrogens with zero attached hydrogens (tertiary/aromatic N) is 4. The number of ether oxygens (including phenoxy) is 2. The van der Waals surface area contributed by atoms with Crippen molar-refractivity contribution in [3.05, 3.63) is 41.4 Å². The van der Waals surface area contributed by atoms with E-state index in [1.54, 1.807) is 7.11 Å². The summed E-state index contributed by atoms with van der Waals surface area (Å²) in [6.45, 7) is 7.54. The third-order valence-corrected chi connectivity index (χ3v) is 5.55. The highest BCUT2D eigenvalue weighted by Gasteiger charge is 2.19. The summed E-state index contributed by atoms with van der Waals surface area (Å²) < 4.78 is 13.9. The Hall–Kier alpha value is -2.83. The molecule has 7 heteroatoms. The van der Waals surface area contributed by atoms with Crippen LogP contribution < -0.4 is 15.1 Å². The number of benzene rings is 1. The van der Waals surface area contributed by atoms with E-state index in [2.05, 4.69) is 45.5 Å². The standard InChI is InChI=1S/C23H31N5O2/c1-5-24-23-25-13-18-22(27-21(26-18)15(2)3)28(23)14-16-10-11-19(29-4)20(12-16)30-17-8-6-7-9-17/h10-13,15,17H,5-9,14H2,1-4H3,(H,26,27). The smallest absolute Gasteiger partial charge is 0.226 e. The number of rotatable bonds is 7. The molecule has 1 saturated carbocycles. The van der Waals surface area contributed by atoms with Crippen molar-refractivity contribution >= 4 is 11.2 Å². The Morgan fingerprint density at radius 1 is 1.23 bits per heavy atom. The Kier molecular flexibility index (Phi) is 6.06. The van der Waals surface area contributed by atoms with E-state index in [0.29, 0.717) is 24.6 Å². The van der Waals surface area contributed by atoms with Gasteiger partial charge < -0.3 is 14.5 Å². The SMILES string of the molecule is CCN=c1ncc2[nH]c(C(C)C)nc2n1Cc1ccc(OC)c(OC2CCCC2)c1. The summed E-state index contributed by atoms with van der Waals surface area (Å²) in [7, 11) is 1.69. The van der Waals surface area contributed by atoms with Crippen LogP contribution in [0.3, 0.4) is 0 Å². The number of fused-ring (bicyclic) bond motifs is 1. The van der Waals surface area contributed by atoms with Gasteiger partial charge in [0.05, 0.1) is 26.0 Å². The fraction of sp³-hybridized carbons (Fsp3) is 0.522. The van der Waals surface area contributed by atoms with Gasteiger partial charge in [0.2, 0.25) is 5.62 Å². The second-order valence-corrected chi connectivity index (χ2v) is 8.14. The number of H-pyrrole nitrogens is 1. The van der Waals surface area contributed by atoms with Gasteiger partial charge in [-0.2, -0.15) is 0 Å². The van der Waals surface area contributed by atoms with Crippen molar-refractivity contribution in [1.82, 2.24) is 19.5 Å². The number of aromatic nitrogens is 4. The van der Waals surface area contributed by atoms with Crippen molar-refractivity contribution in [2.75, 3.05) is 13.7 Å². The molecule has 1 N–H and O–H groups in total. The number of aromatic amines is 1. The average Bonchev–Trinajstić information content (AvgIpc) is 3.40. The van der Waals surface area contributed by atoms with E-state index in [1.807, 2.05) is 19.2 Å². The van der Waals surface area contributed by atoms with E-state index in [0.717, 1.165) is 46.9 Å². The molecule has 1 aliphatic rings. The van der Waals surface area contributed by atoms with Gasteiger partial charge in [0, 0.05) is 12.5 Å². The highest BCUT2D eigenvalue weighted by Crippen LogP contribution is 2.32. The zero-order valence-corrected chi connectivity index (χ0v) is 18.3. The second-order valence-electron chi connectivity index (χ2n) is 8.14. The number of nitrogens with one attached hydrogen (secondary N) is 1. The van der Waals surface area contributed by atoms with Crippen LogP contribution in [0.4, 0.5) is 0 Å². The van der Waals surface area contributed by atoms with E-state index in [9.17, 15) is 0 Å². The van der Waals surface area contributed by atoms with Crippen molar-refractivity contribution in [2.45, 2.75) is 65.0 Å². The molecule has 0 spiro atoms. The molecule has 0 unspecified atom stereocenters. The predicted octanol–water partition coefficient (Wildman–Crippen LogP) is 4.18. The lowest BCUT2D eigenvalue weighted by Gasteiger charge is -2.17. The number of hydrogen-bond acceptors (Lipinski definition) is 5. The molecule has 160 valence electrons. The quantitative estimate of drug-likeness (QED) is 0.635. The first-order valence-electron chi connectivity index (χ1n) is 10.9. The minimum absolute atomic E-state index is 0.275. The fourth-order valence-electron chi connectivity index (χ4n) is 3.95. The maximum absolute atomic E-state index is 6.28. The van der Waals surface area contributed by atoms with E-state index >= 15 is 0 Å². The topological polar surface area (TPSA) is 77.3 Å². The Balaban J connectivity index is 1.74. The van der Waals surface area contributed by atoms with Crippen LogP contribution in [0.15, 0.2) is 29.4 Å². The van der Waals surface area contributed by atoms with Gasteiger partial charge >= 0.3 is 0 Å². The highest BCUT2D eigenvalue weighted by molar-refractivity contribution is 5.70. The number of hydrogen-bond donors (Lipinski definition) is 1. The molecule has 1 aromatic carbocycles. The van der Waals surface area contributed by atoms with Crippen LogP contribution >= 0.6 is 0 Å². The predicted molar refractivity (Wildman–Crippen MR) is 117 cm³/mol. The lowest BCUT2D eigenvalue weighted by Crippen LogP contribution is -2.25. The third-order valence-electron chi connectivity index (χ3n) is 5.55. The molecule has 0 aliphatic heterocycles. The van der Waals surface area contributed by atoms with Gasteiger partial charge in [-0.3, -0.25) is 9.56 Å². The highest BCUT2D eigenvalue weighted by atomic mass is 16.5. The van der Waals surface area contributed by atoms with Crippen LogP contribution in [-0.2, 0) is 6.54 Å². The summed E-state index contributed by atoms with van der Waals surface area (Å²) in [4.78, 5) is 17.4. The molecule has 0 bridgehead atoms. The number of imidazole rings is 1. The van der Waals surface area contributed by atoms with Crippen molar-refractivity contribution in [3.63, 3.8) is 0 Å². The molecule has 1 fully saturated rings. The molecule has 0 amide bonds. The Bertz CT molecular complexity index is 1080. The largest absolute Gasteiger partial charge is 0.493 e. The summed E-state index contributed by atoms with van der Waals surface area (Å²) in [5, 5.41) is 0. The van der Waals surface area contributed by atoms with Crippen molar-refractivity contribution in [2.24, 2.45) is 4.99 Å². The maximum Gasteiger partial charge on any atom is 0.226 e. The lowest BCUT2D eigenvalue weighted by molar-refractivity contribution is 0.200. The van der Waals surface area contributed by atoms with Crippen LogP contribution in [0, 0.1) is 0 Å². The van der Waals surface area contributed by atoms with Gasteiger partial charge in [-0.05, 0) is 50.3 Å². The molecule has 2 aromatic heterocycles.